The second-order valence-electron chi connectivity index (χ2n) is 7.14. The van der Waals surface area contributed by atoms with Gasteiger partial charge in [0.15, 0.2) is 6.10 Å². The number of rotatable bonds is 8. The van der Waals surface area contributed by atoms with Crippen LogP contribution < -0.4 is 15.0 Å². The molecule has 4 heteroatoms. The molecule has 0 aromatic heterocycles. The molecule has 0 aliphatic heterocycles. The first-order chi connectivity index (χ1) is 12.8. The van der Waals surface area contributed by atoms with Crippen LogP contribution in [0.15, 0.2) is 42.5 Å². The highest BCUT2D eigenvalue weighted by atomic mass is 16.5. The molecule has 2 aromatic carbocycles. The Bertz CT molecular complexity index is 749. The van der Waals surface area contributed by atoms with E-state index < -0.39 is 6.10 Å². The smallest absolute Gasteiger partial charge is 0.265 e. The first-order valence-corrected chi connectivity index (χ1v) is 9.78. The minimum absolute atomic E-state index is 0.156. The monoisotopic (exact) mass is 368 g/mol. The molecule has 27 heavy (non-hydrogen) atoms. The maximum Gasteiger partial charge on any atom is 0.265 e. The molecule has 0 heterocycles. The molecular formula is C23H32N2O2. The quantitative estimate of drug-likeness (QED) is 0.681. The van der Waals surface area contributed by atoms with Crippen molar-refractivity contribution in [2.75, 3.05) is 23.3 Å². The summed E-state index contributed by atoms with van der Waals surface area (Å²) in [7, 11) is 0. The number of carbonyl (C=O) groups is 1. The van der Waals surface area contributed by atoms with E-state index >= 15 is 0 Å². The summed E-state index contributed by atoms with van der Waals surface area (Å²) in [5, 5.41) is 2.93. The van der Waals surface area contributed by atoms with Crippen molar-refractivity contribution >= 4 is 17.3 Å². The van der Waals surface area contributed by atoms with Gasteiger partial charge >= 0.3 is 0 Å². The summed E-state index contributed by atoms with van der Waals surface area (Å²) in [6, 6.07) is 13.9. The number of benzene rings is 2. The highest BCUT2D eigenvalue weighted by Crippen LogP contribution is 2.24. The Labute approximate surface area is 163 Å². The van der Waals surface area contributed by atoms with Crippen molar-refractivity contribution in [1.29, 1.82) is 0 Å². The van der Waals surface area contributed by atoms with Gasteiger partial charge in [0.2, 0.25) is 0 Å². The lowest BCUT2D eigenvalue weighted by molar-refractivity contribution is -0.122. The number of nitrogens with zero attached hydrogens (tertiary/aromatic N) is 1. The maximum absolute atomic E-state index is 12.5. The van der Waals surface area contributed by atoms with Gasteiger partial charge in [0.05, 0.1) is 0 Å². The number of hydrogen-bond acceptors (Lipinski definition) is 3. The van der Waals surface area contributed by atoms with E-state index in [2.05, 4.69) is 50.9 Å². The largest absolute Gasteiger partial charge is 0.481 e. The van der Waals surface area contributed by atoms with E-state index in [0.29, 0.717) is 5.92 Å². The molecule has 0 saturated carbocycles. The van der Waals surface area contributed by atoms with Gasteiger partial charge in [-0.05, 0) is 81.1 Å². The first-order valence-electron chi connectivity index (χ1n) is 9.78. The number of aryl methyl sites for hydroxylation is 1. The lowest BCUT2D eigenvalue weighted by atomic mass is 9.98. The fourth-order valence-corrected chi connectivity index (χ4v) is 3.22. The first kappa shape index (κ1) is 20.8. The van der Waals surface area contributed by atoms with E-state index in [9.17, 15) is 4.79 Å². The van der Waals surface area contributed by atoms with Crippen LogP contribution in [0.1, 0.15) is 51.7 Å². The van der Waals surface area contributed by atoms with Crippen LogP contribution in [0.3, 0.4) is 0 Å². The normalized spacial score (nSPS) is 12.0. The Morgan fingerprint density at radius 1 is 1.04 bits per heavy atom. The fourth-order valence-electron chi connectivity index (χ4n) is 3.22. The van der Waals surface area contributed by atoms with Gasteiger partial charge in [-0.2, -0.15) is 0 Å². The summed E-state index contributed by atoms with van der Waals surface area (Å²) in [6.07, 6.45) is -0.572. The van der Waals surface area contributed by atoms with Crippen LogP contribution in [0.25, 0.3) is 0 Å². The number of anilines is 2. The molecule has 0 aliphatic rings. The predicted molar refractivity (Wildman–Crippen MR) is 114 cm³/mol. The van der Waals surface area contributed by atoms with Crippen molar-refractivity contribution in [3.05, 3.63) is 53.6 Å². The Morgan fingerprint density at radius 2 is 1.67 bits per heavy atom. The van der Waals surface area contributed by atoms with Crippen molar-refractivity contribution in [3.63, 3.8) is 0 Å². The van der Waals surface area contributed by atoms with Gasteiger partial charge in [-0.3, -0.25) is 4.79 Å². The van der Waals surface area contributed by atoms with Crippen molar-refractivity contribution in [2.45, 2.75) is 53.6 Å². The second kappa shape index (κ2) is 9.45. The third-order valence-corrected chi connectivity index (χ3v) is 4.81. The lowest BCUT2D eigenvalue weighted by Gasteiger charge is -2.21. The zero-order valence-electron chi connectivity index (χ0n) is 17.4. The van der Waals surface area contributed by atoms with Crippen LogP contribution in [0.2, 0.25) is 0 Å². The number of hydrogen-bond donors (Lipinski definition) is 1. The highest BCUT2D eigenvalue weighted by molar-refractivity contribution is 5.94. The van der Waals surface area contributed by atoms with Gasteiger partial charge in [-0.1, -0.05) is 19.9 Å². The molecule has 1 unspecified atom stereocenters. The van der Waals surface area contributed by atoms with Crippen LogP contribution in [0.5, 0.6) is 5.75 Å². The van der Waals surface area contributed by atoms with E-state index in [4.69, 9.17) is 4.74 Å². The summed E-state index contributed by atoms with van der Waals surface area (Å²) < 4.78 is 5.84. The van der Waals surface area contributed by atoms with Gasteiger partial charge in [-0.25, -0.2) is 0 Å². The molecule has 1 N–H and O–H groups in total. The maximum atomic E-state index is 12.5. The number of nitrogens with one attached hydrogen (secondary N) is 1. The zero-order valence-corrected chi connectivity index (χ0v) is 17.4. The number of amides is 1. The molecule has 0 saturated heterocycles. The van der Waals surface area contributed by atoms with E-state index in [1.54, 1.807) is 6.92 Å². The third kappa shape index (κ3) is 5.49. The van der Waals surface area contributed by atoms with E-state index in [1.807, 2.05) is 36.4 Å². The minimum atomic E-state index is -0.572. The summed E-state index contributed by atoms with van der Waals surface area (Å²) in [6.45, 7) is 14.4. The van der Waals surface area contributed by atoms with Crippen molar-refractivity contribution in [2.24, 2.45) is 0 Å². The van der Waals surface area contributed by atoms with Crippen molar-refractivity contribution in [1.82, 2.24) is 0 Å². The number of ether oxygens (including phenoxy) is 1. The molecule has 2 rings (SSSR count). The molecule has 0 bridgehead atoms. The molecule has 2 aromatic rings. The summed E-state index contributed by atoms with van der Waals surface area (Å²) in [4.78, 5) is 14.7. The van der Waals surface area contributed by atoms with Crippen LogP contribution in [0.4, 0.5) is 11.4 Å². The summed E-state index contributed by atoms with van der Waals surface area (Å²) in [5.41, 5.74) is 4.41. The van der Waals surface area contributed by atoms with Gasteiger partial charge in [-0.15, -0.1) is 0 Å². The van der Waals surface area contributed by atoms with Gasteiger partial charge in [0.25, 0.3) is 5.91 Å². The van der Waals surface area contributed by atoms with E-state index in [1.165, 1.54) is 11.1 Å². The zero-order chi connectivity index (χ0) is 20.0. The second-order valence-corrected chi connectivity index (χ2v) is 7.14. The fraction of sp³-hybridized carbons (Fsp3) is 0.435. The molecule has 0 radical (unpaired) electrons. The topological polar surface area (TPSA) is 41.6 Å². The Morgan fingerprint density at radius 3 is 2.19 bits per heavy atom. The summed E-state index contributed by atoms with van der Waals surface area (Å²) >= 11 is 0. The van der Waals surface area contributed by atoms with Gasteiger partial charge < -0.3 is 15.0 Å². The molecule has 0 spiro atoms. The van der Waals surface area contributed by atoms with Crippen LogP contribution >= 0.6 is 0 Å². The predicted octanol–water partition coefficient (Wildman–Crippen LogP) is 5.37. The highest BCUT2D eigenvalue weighted by Gasteiger charge is 2.16. The van der Waals surface area contributed by atoms with E-state index in [-0.39, 0.29) is 5.91 Å². The summed E-state index contributed by atoms with van der Waals surface area (Å²) in [5.74, 6) is 1.03. The van der Waals surface area contributed by atoms with Gasteiger partial charge in [0.1, 0.15) is 5.75 Å². The van der Waals surface area contributed by atoms with Crippen molar-refractivity contribution < 1.29 is 9.53 Å². The minimum Gasteiger partial charge on any atom is -0.481 e. The average molecular weight is 369 g/mol. The van der Waals surface area contributed by atoms with Crippen LogP contribution in [-0.2, 0) is 4.79 Å². The molecule has 0 fully saturated rings. The standard InChI is InChI=1S/C23H32N2O2/c1-7-25(8-2)20-11-9-19(10-12-20)24-23(26)18(6)27-21-13-14-22(16(3)4)17(5)15-21/h9-16,18H,7-8H2,1-6H3,(H,24,26). The molecule has 4 nitrogen and oxygen atoms in total. The molecule has 1 atom stereocenters. The molecule has 1 amide bonds. The van der Waals surface area contributed by atoms with Crippen molar-refractivity contribution in [3.8, 4) is 5.75 Å². The Balaban J connectivity index is 1.98. The SMILES string of the molecule is CCN(CC)c1ccc(NC(=O)C(C)Oc2ccc(C(C)C)c(C)c2)cc1. The van der Waals surface area contributed by atoms with E-state index in [0.717, 1.165) is 30.2 Å². The third-order valence-electron chi connectivity index (χ3n) is 4.81. The molecular weight excluding hydrogens is 336 g/mol. The Hall–Kier alpha value is -2.49. The lowest BCUT2D eigenvalue weighted by Crippen LogP contribution is -2.30. The average Bonchev–Trinajstić information content (AvgIpc) is 2.63. The van der Waals surface area contributed by atoms with Gasteiger partial charge in [0, 0.05) is 24.5 Å². The Kier molecular flexibility index (Phi) is 7.28. The van der Waals surface area contributed by atoms with Crippen LogP contribution in [-0.4, -0.2) is 25.1 Å². The van der Waals surface area contributed by atoms with Crippen LogP contribution in [0, 0.1) is 6.92 Å². The number of carbonyl (C=O) groups excluding carboxylic acids is 1. The molecule has 0 aliphatic carbocycles. The molecule has 146 valence electrons.